The molecule has 0 heterocycles. The van der Waals surface area contributed by atoms with E-state index in [0.29, 0.717) is 18.8 Å². The average Bonchev–Trinajstić information content (AvgIpc) is 2.51. The van der Waals surface area contributed by atoms with E-state index in [1.165, 1.54) is 0 Å². The molecule has 0 saturated carbocycles. The maximum Gasteiger partial charge on any atom is 0.407 e. The van der Waals surface area contributed by atoms with Gasteiger partial charge in [0.1, 0.15) is 11.2 Å². The number of carbonyl (C=O) groups excluding carboxylic acids is 2. The summed E-state index contributed by atoms with van der Waals surface area (Å²) in [6.07, 6.45) is 6.69. The predicted molar refractivity (Wildman–Crippen MR) is 111 cm³/mol. The molecular formula is C22H39NO4. The minimum atomic E-state index is -0.645. The van der Waals surface area contributed by atoms with Gasteiger partial charge in [-0.15, -0.1) is 0 Å². The van der Waals surface area contributed by atoms with Crippen molar-refractivity contribution in [3.05, 3.63) is 23.8 Å². The zero-order valence-electron chi connectivity index (χ0n) is 18.6. The number of nitrogens with one attached hydrogen (secondary N) is 1. The number of carbonyl (C=O) groups is 2. The van der Waals surface area contributed by atoms with Gasteiger partial charge in [0.05, 0.1) is 6.42 Å². The number of rotatable bonds is 10. The first-order valence-electron chi connectivity index (χ1n) is 9.79. The first-order chi connectivity index (χ1) is 12.3. The third kappa shape index (κ3) is 12.3. The number of hydrogen-bond donors (Lipinski definition) is 1. The van der Waals surface area contributed by atoms with Gasteiger partial charge in [0.15, 0.2) is 0 Å². The molecule has 0 saturated heterocycles. The van der Waals surface area contributed by atoms with Crippen LogP contribution in [0.1, 0.15) is 81.6 Å². The fourth-order valence-electron chi connectivity index (χ4n) is 2.12. The Labute approximate surface area is 165 Å². The number of hydrogen-bond acceptors (Lipinski definition) is 4. The molecule has 0 aromatic carbocycles. The highest BCUT2D eigenvalue weighted by molar-refractivity contribution is 5.71. The molecule has 5 nitrogen and oxygen atoms in total. The van der Waals surface area contributed by atoms with Crippen LogP contribution in [0.4, 0.5) is 4.79 Å². The van der Waals surface area contributed by atoms with Gasteiger partial charge in [0.25, 0.3) is 0 Å². The van der Waals surface area contributed by atoms with E-state index in [1.807, 2.05) is 74.5 Å². The smallest absolute Gasteiger partial charge is 0.407 e. The monoisotopic (exact) mass is 381 g/mol. The van der Waals surface area contributed by atoms with Gasteiger partial charge in [0.2, 0.25) is 0 Å². The molecule has 0 aromatic rings. The minimum Gasteiger partial charge on any atom is -0.459 e. The van der Waals surface area contributed by atoms with Crippen LogP contribution in [0.5, 0.6) is 0 Å². The van der Waals surface area contributed by atoms with Crippen molar-refractivity contribution in [2.75, 3.05) is 0 Å². The molecule has 0 spiro atoms. The van der Waals surface area contributed by atoms with E-state index in [4.69, 9.17) is 9.47 Å². The van der Waals surface area contributed by atoms with Crippen LogP contribution < -0.4 is 5.32 Å². The van der Waals surface area contributed by atoms with Crippen molar-refractivity contribution in [2.45, 2.75) is 98.8 Å². The van der Waals surface area contributed by atoms with Crippen molar-refractivity contribution in [3.63, 3.8) is 0 Å². The molecule has 0 rings (SSSR count). The highest BCUT2D eigenvalue weighted by Crippen LogP contribution is 2.25. The van der Waals surface area contributed by atoms with Crippen LogP contribution in [0.25, 0.3) is 0 Å². The SMILES string of the molecule is CC=C(C)C=CCC(=O)OC(C)(C)CCC(C)(C)OC(=O)NC(C)C(C)C. The fraction of sp³-hybridized carbons (Fsp3) is 0.727. The molecule has 0 fully saturated rings. The lowest BCUT2D eigenvalue weighted by Crippen LogP contribution is -2.41. The Kier molecular flexibility index (Phi) is 10.4. The molecule has 1 amide bonds. The van der Waals surface area contributed by atoms with Gasteiger partial charge >= 0.3 is 12.1 Å². The van der Waals surface area contributed by atoms with Gasteiger partial charge in [-0.25, -0.2) is 4.79 Å². The highest BCUT2D eigenvalue weighted by atomic mass is 16.6. The van der Waals surface area contributed by atoms with E-state index in [1.54, 1.807) is 6.08 Å². The van der Waals surface area contributed by atoms with Crippen LogP contribution in [-0.4, -0.2) is 29.3 Å². The van der Waals surface area contributed by atoms with Crippen molar-refractivity contribution in [3.8, 4) is 0 Å². The first-order valence-corrected chi connectivity index (χ1v) is 9.79. The Morgan fingerprint density at radius 2 is 1.52 bits per heavy atom. The van der Waals surface area contributed by atoms with E-state index in [2.05, 4.69) is 5.32 Å². The zero-order valence-corrected chi connectivity index (χ0v) is 18.6. The molecule has 1 atom stereocenters. The molecule has 0 aromatic heterocycles. The Bertz CT molecular complexity index is 545. The molecule has 5 heteroatoms. The maximum atomic E-state index is 12.0. The van der Waals surface area contributed by atoms with Crippen LogP contribution >= 0.6 is 0 Å². The quantitative estimate of drug-likeness (QED) is 0.398. The van der Waals surface area contributed by atoms with E-state index in [9.17, 15) is 9.59 Å². The summed E-state index contributed by atoms with van der Waals surface area (Å²) in [5.74, 6) is 0.0760. The number of allylic oxidation sites excluding steroid dienone is 3. The summed E-state index contributed by atoms with van der Waals surface area (Å²) in [4.78, 5) is 24.1. The van der Waals surface area contributed by atoms with Gasteiger partial charge in [-0.1, -0.05) is 37.6 Å². The summed E-state index contributed by atoms with van der Waals surface area (Å²) in [5.41, 5.74) is -0.165. The fourth-order valence-corrected chi connectivity index (χ4v) is 2.12. The Hall–Kier alpha value is -1.78. The Morgan fingerprint density at radius 3 is 2.00 bits per heavy atom. The van der Waals surface area contributed by atoms with Crippen LogP contribution in [0.3, 0.4) is 0 Å². The first kappa shape index (κ1) is 25.2. The van der Waals surface area contributed by atoms with Crippen molar-refractivity contribution < 1.29 is 19.1 Å². The predicted octanol–water partition coefficient (Wildman–Crippen LogP) is 5.55. The third-order valence-electron chi connectivity index (χ3n) is 4.55. The largest absolute Gasteiger partial charge is 0.459 e. The summed E-state index contributed by atoms with van der Waals surface area (Å²) in [7, 11) is 0. The van der Waals surface area contributed by atoms with Crippen molar-refractivity contribution in [1.82, 2.24) is 5.32 Å². The standard InChI is InChI=1S/C22H39NO4/c1-10-17(4)12-11-13-19(24)26-21(6,7)14-15-22(8,9)27-20(25)23-18(5)16(2)3/h10-12,16,18H,13-15H2,1-9H3,(H,23,25). The number of ether oxygens (including phenoxy) is 2. The van der Waals surface area contributed by atoms with Gasteiger partial charge in [-0.3, -0.25) is 4.79 Å². The molecule has 27 heavy (non-hydrogen) atoms. The lowest BCUT2D eigenvalue weighted by Gasteiger charge is -2.31. The Balaban J connectivity index is 4.49. The van der Waals surface area contributed by atoms with Gasteiger partial charge in [-0.05, 0) is 67.2 Å². The van der Waals surface area contributed by atoms with Crippen molar-refractivity contribution in [1.29, 1.82) is 0 Å². The molecule has 0 aliphatic heterocycles. The van der Waals surface area contributed by atoms with Crippen LogP contribution in [-0.2, 0) is 14.3 Å². The van der Waals surface area contributed by atoms with Gasteiger partial charge in [0, 0.05) is 6.04 Å². The van der Waals surface area contributed by atoms with Crippen LogP contribution in [0.2, 0.25) is 0 Å². The van der Waals surface area contributed by atoms with Crippen LogP contribution in [0, 0.1) is 5.92 Å². The molecule has 0 bridgehead atoms. The van der Waals surface area contributed by atoms with Crippen molar-refractivity contribution >= 4 is 12.1 Å². The van der Waals surface area contributed by atoms with E-state index < -0.39 is 17.3 Å². The van der Waals surface area contributed by atoms with Crippen molar-refractivity contribution in [2.24, 2.45) is 5.92 Å². The third-order valence-corrected chi connectivity index (χ3v) is 4.55. The van der Waals surface area contributed by atoms with E-state index in [0.717, 1.165) is 5.57 Å². The second-order valence-corrected chi connectivity index (χ2v) is 8.70. The van der Waals surface area contributed by atoms with Gasteiger partial charge < -0.3 is 14.8 Å². The second-order valence-electron chi connectivity index (χ2n) is 8.70. The molecule has 1 unspecified atom stereocenters. The number of alkyl carbamates (subject to hydrolysis) is 1. The van der Waals surface area contributed by atoms with Gasteiger partial charge in [-0.2, -0.15) is 0 Å². The molecule has 0 radical (unpaired) electrons. The molecule has 0 aliphatic carbocycles. The number of esters is 1. The summed E-state index contributed by atoms with van der Waals surface area (Å²) in [6.45, 7) is 17.5. The topological polar surface area (TPSA) is 64.6 Å². The lowest BCUT2D eigenvalue weighted by atomic mass is 9.93. The minimum absolute atomic E-state index is 0.0462. The lowest BCUT2D eigenvalue weighted by molar-refractivity contribution is -0.157. The zero-order chi connectivity index (χ0) is 21.3. The van der Waals surface area contributed by atoms with Crippen LogP contribution in [0.15, 0.2) is 23.8 Å². The highest BCUT2D eigenvalue weighted by Gasteiger charge is 2.30. The summed E-state index contributed by atoms with van der Waals surface area (Å²) < 4.78 is 11.1. The summed E-state index contributed by atoms with van der Waals surface area (Å²) in [5, 5.41) is 2.84. The van der Waals surface area contributed by atoms with E-state index >= 15 is 0 Å². The molecule has 0 aliphatic rings. The second kappa shape index (κ2) is 11.2. The maximum absolute atomic E-state index is 12.0. The molecule has 1 N–H and O–H groups in total. The van der Waals surface area contributed by atoms with E-state index in [-0.39, 0.29) is 18.4 Å². The normalized spacial score (nSPS) is 14.4. The molecule has 156 valence electrons. The summed E-state index contributed by atoms with van der Waals surface area (Å²) in [6, 6.07) is 0.0462. The average molecular weight is 382 g/mol. The Morgan fingerprint density at radius 1 is 1.00 bits per heavy atom. The summed E-state index contributed by atoms with van der Waals surface area (Å²) >= 11 is 0. The molecular weight excluding hydrogens is 342 g/mol. The number of amides is 1.